The number of amides is 1. The van der Waals surface area contributed by atoms with Gasteiger partial charge in [-0.25, -0.2) is 0 Å². The molecule has 4 N–H and O–H groups in total. The number of aldehydes is 1. The number of nitrogens with two attached hydrogens (primary N) is 1. The van der Waals surface area contributed by atoms with Gasteiger partial charge < -0.3 is 21.2 Å². The number of hydrogen-bond acceptors (Lipinski definition) is 4. The van der Waals surface area contributed by atoms with Crippen molar-refractivity contribution < 1.29 is 9.59 Å². The molecule has 5 nitrogen and oxygen atoms in total. The summed E-state index contributed by atoms with van der Waals surface area (Å²) in [7, 11) is 1.56. The Morgan fingerprint density at radius 3 is 2.79 bits per heavy atom. The van der Waals surface area contributed by atoms with Crippen LogP contribution in [-0.4, -0.2) is 31.8 Å². The zero-order chi connectivity index (χ0) is 10.8. The lowest BCUT2D eigenvalue weighted by Gasteiger charge is -2.13. The standard InChI is InChI=1S/C9H17N3O2/c1-11-9(14)8(4-2-7-13)12-6-3-5-10/h3,6-8,12H,2,4-5,10H2,1H3,(H,11,14)/b6-3+. The van der Waals surface area contributed by atoms with Gasteiger partial charge in [0.15, 0.2) is 0 Å². The molecule has 0 saturated heterocycles. The molecule has 0 aromatic carbocycles. The summed E-state index contributed by atoms with van der Waals surface area (Å²) < 4.78 is 0. The molecule has 0 spiro atoms. The van der Waals surface area contributed by atoms with E-state index in [0.717, 1.165) is 6.29 Å². The number of nitrogens with one attached hydrogen (secondary N) is 2. The average molecular weight is 199 g/mol. The minimum atomic E-state index is -0.368. The molecule has 0 aliphatic heterocycles. The molecule has 5 heteroatoms. The van der Waals surface area contributed by atoms with Gasteiger partial charge in [-0.05, 0) is 12.6 Å². The Hall–Kier alpha value is -1.36. The number of carbonyl (C=O) groups excluding carboxylic acids is 2. The Kier molecular flexibility index (Phi) is 7.45. The molecular weight excluding hydrogens is 182 g/mol. The van der Waals surface area contributed by atoms with Crippen LogP contribution in [0.3, 0.4) is 0 Å². The zero-order valence-electron chi connectivity index (χ0n) is 8.32. The second-order valence-electron chi connectivity index (χ2n) is 2.72. The van der Waals surface area contributed by atoms with E-state index in [1.54, 1.807) is 19.3 Å². The van der Waals surface area contributed by atoms with Crippen LogP contribution in [0.1, 0.15) is 12.8 Å². The summed E-state index contributed by atoms with van der Waals surface area (Å²) in [5.74, 6) is -0.131. The molecule has 0 bridgehead atoms. The summed E-state index contributed by atoms with van der Waals surface area (Å²) >= 11 is 0. The fourth-order valence-corrected chi connectivity index (χ4v) is 0.951. The SMILES string of the molecule is CNC(=O)C(CCC=O)N/C=C/CN. The van der Waals surface area contributed by atoms with Gasteiger partial charge in [0.05, 0.1) is 0 Å². The molecule has 0 aliphatic carbocycles. The quantitative estimate of drug-likeness (QED) is 0.466. The summed E-state index contributed by atoms with van der Waals surface area (Å²) in [5, 5.41) is 5.39. The number of hydrogen-bond donors (Lipinski definition) is 3. The van der Waals surface area contributed by atoms with Crippen LogP contribution in [0.5, 0.6) is 0 Å². The first-order valence-corrected chi connectivity index (χ1v) is 4.52. The molecular formula is C9H17N3O2. The highest BCUT2D eigenvalue weighted by Crippen LogP contribution is 1.95. The second kappa shape index (κ2) is 8.25. The van der Waals surface area contributed by atoms with E-state index < -0.39 is 0 Å². The summed E-state index contributed by atoms with van der Waals surface area (Å²) in [6.07, 6.45) is 4.98. The van der Waals surface area contributed by atoms with Crippen LogP contribution >= 0.6 is 0 Å². The molecule has 0 aromatic heterocycles. The van der Waals surface area contributed by atoms with Gasteiger partial charge in [-0.2, -0.15) is 0 Å². The predicted octanol–water partition coefficient (Wildman–Crippen LogP) is -0.858. The van der Waals surface area contributed by atoms with Gasteiger partial charge in [-0.15, -0.1) is 0 Å². The van der Waals surface area contributed by atoms with E-state index in [-0.39, 0.29) is 11.9 Å². The Morgan fingerprint density at radius 2 is 2.29 bits per heavy atom. The van der Waals surface area contributed by atoms with Gasteiger partial charge in [-0.1, -0.05) is 6.08 Å². The van der Waals surface area contributed by atoms with Gasteiger partial charge in [0.25, 0.3) is 0 Å². The lowest BCUT2D eigenvalue weighted by molar-refractivity contribution is -0.122. The van der Waals surface area contributed by atoms with Crippen LogP contribution in [0.2, 0.25) is 0 Å². The Balaban J connectivity index is 4.02. The Bertz CT molecular complexity index is 204. The first kappa shape index (κ1) is 12.6. The van der Waals surface area contributed by atoms with E-state index in [1.807, 2.05) is 0 Å². The van der Waals surface area contributed by atoms with Gasteiger partial charge in [-0.3, -0.25) is 4.79 Å². The molecule has 0 aromatic rings. The van der Waals surface area contributed by atoms with E-state index in [2.05, 4.69) is 10.6 Å². The van der Waals surface area contributed by atoms with Crippen LogP contribution in [-0.2, 0) is 9.59 Å². The highest BCUT2D eigenvalue weighted by atomic mass is 16.2. The van der Waals surface area contributed by atoms with E-state index >= 15 is 0 Å². The summed E-state index contributed by atoms with van der Waals surface area (Å²) in [6, 6.07) is -0.368. The Labute approximate surface area is 83.7 Å². The van der Waals surface area contributed by atoms with E-state index in [9.17, 15) is 9.59 Å². The highest BCUT2D eigenvalue weighted by Gasteiger charge is 2.13. The normalized spacial score (nSPS) is 12.4. The molecule has 1 unspecified atom stereocenters. The smallest absolute Gasteiger partial charge is 0.242 e. The van der Waals surface area contributed by atoms with Crippen molar-refractivity contribution in [2.45, 2.75) is 18.9 Å². The molecule has 0 saturated carbocycles. The molecule has 0 aliphatic rings. The number of likely N-dealkylation sites (N-methyl/N-ethyl adjacent to an activating group) is 1. The second-order valence-corrected chi connectivity index (χ2v) is 2.72. The van der Waals surface area contributed by atoms with Crippen LogP contribution in [0, 0.1) is 0 Å². The van der Waals surface area contributed by atoms with Crippen molar-refractivity contribution in [2.24, 2.45) is 5.73 Å². The monoisotopic (exact) mass is 199 g/mol. The highest BCUT2D eigenvalue weighted by molar-refractivity contribution is 5.81. The van der Waals surface area contributed by atoms with Crippen molar-refractivity contribution in [3.05, 3.63) is 12.3 Å². The van der Waals surface area contributed by atoms with Gasteiger partial charge in [0, 0.05) is 20.0 Å². The molecule has 1 atom stereocenters. The molecule has 1 amide bonds. The lowest BCUT2D eigenvalue weighted by atomic mass is 10.1. The first-order chi connectivity index (χ1) is 6.76. The zero-order valence-corrected chi connectivity index (χ0v) is 8.32. The van der Waals surface area contributed by atoms with Crippen molar-refractivity contribution >= 4 is 12.2 Å². The predicted molar refractivity (Wildman–Crippen MR) is 54.5 cm³/mol. The minimum absolute atomic E-state index is 0.131. The van der Waals surface area contributed by atoms with Gasteiger partial charge >= 0.3 is 0 Å². The van der Waals surface area contributed by atoms with Crippen LogP contribution in [0.15, 0.2) is 12.3 Å². The van der Waals surface area contributed by atoms with E-state index in [4.69, 9.17) is 5.73 Å². The molecule has 0 rings (SSSR count). The lowest BCUT2D eigenvalue weighted by Crippen LogP contribution is -2.40. The van der Waals surface area contributed by atoms with Crippen molar-refractivity contribution in [3.63, 3.8) is 0 Å². The fourth-order valence-electron chi connectivity index (χ4n) is 0.951. The van der Waals surface area contributed by atoms with Gasteiger partial charge in [0.1, 0.15) is 12.3 Å². The van der Waals surface area contributed by atoms with Gasteiger partial charge in [0.2, 0.25) is 5.91 Å². The molecule has 0 heterocycles. The van der Waals surface area contributed by atoms with Crippen molar-refractivity contribution in [1.29, 1.82) is 0 Å². The van der Waals surface area contributed by atoms with Crippen LogP contribution in [0.25, 0.3) is 0 Å². The minimum Gasteiger partial charge on any atom is -0.380 e. The summed E-state index contributed by atoms with van der Waals surface area (Å²) in [4.78, 5) is 21.4. The third-order valence-electron chi connectivity index (χ3n) is 1.69. The van der Waals surface area contributed by atoms with E-state index in [0.29, 0.717) is 19.4 Å². The van der Waals surface area contributed by atoms with Crippen molar-refractivity contribution in [2.75, 3.05) is 13.6 Å². The molecule has 14 heavy (non-hydrogen) atoms. The van der Waals surface area contributed by atoms with E-state index in [1.165, 1.54) is 0 Å². The Morgan fingerprint density at radius 1 is 1.57 bits per heavy atom. The third-order valence-corrected chi connectivity index (χ3v) is 1.69. The third kappa shape index (κ3) is 5.31. The van der Waals surface area contributed by atoms with Crippen molar-refractivity contribution in [1.82, 2.24) is 10.6 Å². The largest absolute Gasteiger partial charge is 0.380 e. The molecule has 80 valence electrons. The molecule has 0 fully saturated rings. The summed E-state index contributed by atoms with van der Waals surface area (Å²) in [6.45, 7) is 0.418. The number of carbonyl (C=O) groups is 2. The maximum atomic E-state index is 11.3. The average Bonchev–Trinajstić information content (AvgIpc) is 2.22. The maximum Gasteiger partial charge on any atom is 0.242 e. The van der Waals surface area contributed by atoms with Crippen LogP contribution < -0.4 is 16.4 Å². The van der Waals surface area contributed by atoms with Crippen molar-refractivity contribution in [3.8, 4) is 0 Å². The maximum absolute atomic E-state index is 11.3. The fraction of sp³-hybridized carbons (Fsp3) is 0.556. The first-order valence-electron chi connectivity index (χ1n) is 4.52. The summed E-state index contributed by atoms with van der Waals surface area (Å²) in [5.41, 5.74) is 5.24. The topological polar surface area (TPSA) is 84.2 Å². The van der Waals surface area contributed by atoms with Crippen LogP contribution in [0.4, 0.5) is 0 Å². The number of rotatable bonds is 7. The molecule has 0 radical (unpaired) electrons.